The predicted octanol–water partition coefficient (Wildman–Crippen LogP) is 1.80. The molecule has 0 spiro atoms. The van der Waals surface area contributed by atoms with Crippen LogP contribution in [-0.4, -0.2) is 23.2 Å². The molecule has 0 fully saturated rings. The number of thiophene rings is 1. The zero-order valence-corrected chi connectivity index (χ0v) is 12.6. The van der Waals surface area contributed by atoms with Crippen LogP contribution in [0.1, 0.15) is 31.7 Å². The van der Waals surface area contributed by atoms with E-state index in [1.807, 2.05) is 26.0 Å². The molecule has 0 atom stereocenters. The second-order valence-corrected chi connectivity index (χ2v) is 7.06. The lowest BCUT2D eigenvalue weighted by molar-refractivity contribution is 0.525. The van der Waals surface area contributed by atoms with Crippen molar-refractivity contribution in [3.63, 3.8) is 0 Å². The van der Waals surface area contributed by atoms with E-state index in [1.54, 1.807) is 15.9 Å². The maximum Gasteiger partial charge on any atom is 0.273 e. The van der Waals surface area contributed by atoms with Crippen LogP contribution in [0.4, 0.5) is 0 Å². The normalized spacial score (nSPS) is 12.3. The Labute approximate surface area is 116 Å². The Morgan fingerprint density at radius 2 is 2.05 bits per heavy atom. The highest BCUT2D eigenvalue weighted by atomic mass is 32.2. The van der Waals surface area contributed by atoms with E-state index in [4.69, 9.17) is 5.14 Å². The van der Waals surface area contributed by atoms with Gasteiger partial charge in [0.15, 0.2) is 5.82 Å². The molecule has 0 aromatic carbocycles. The summed E-state index contributed by atoms with van der Waals surface area (Å²) in [5, 5.41) is 12.7. The largest absolute Gasteiger partial charge is 0.294 e. The Bertz CT molecular complexity index is 685. The Balaban J connectivity index is 2.62. The molecular weight excluding hydrogens is 284 g/mol. The molecule has 0 aliphatic heterocycles. The lowest BCUT2D eigenvalue weighted by atomic mass is 10.3. The maximum atomic E-state index is 11.5. The monoisotopic (exact) mass is 300 g/mol. The van der Waals surface area contributed by atoms with Crippen molar-refractivity contribution in [1.82, 2.24) is 14.8 Å². The van der Waals surface area contributed by atoms with Crippen molar-refractivity contribution in [1.29, 1.82) is 0 Å². The van der Waals surface area contributed by atoms with Crippen molar-refractivity contribution in [2.45, 2.75) is 38.4 Å². The first-order chi connectivity index (χ1) is 8.84. The SMILES string of the molecule is CCc1ccc(-c2nnc(S(N)(=O)=O)n2C(C)C)s1. The molecule has 0 bridgehead atoms. The third-order valence-electron chi connectivity index (χ3n) is 2.67. The quantitative estimate of drug-likeness (QED) is 0.932. The molecule has 8 heteroatoms. The first-order valence-electron chi connectivity index (χ1n) is 5.91. The number of hydrogen-bond donors (Lipinski definition) is 1. The molecule has 2 aromatic heterocycles. The van der Waals surface area contributed by atoms with Crippen molar-refractivity contribution in [3.8, 4) is 10.7 Å². The second-order valence-electron chi connectivity index (χ2n) is 4.43. The highest BCUT2D eigenvalue weighted by Crippen LogP contribution is 2.30. The van der Waals surface area contributed by atoms with Gasteiger partial charge in [0.1, 0.15) is 0 Å². The van der Waals surface area contributed by atoms with Gasteiger partial charge in [0.05, 0.1) is 4.88 Å². The molecule has 2 N–H and O–H groups in total. The zero-order chi connectivity index (χ0) is 14.2. The Morgan fingerprint density at radius 1 is 1.37 bits per heavy atom. The molecule has 104 valence electrons. The molecule has 6 nitrogen and oxygen atoms in total. The van der Waals surface area contributed by atoms with Gasteiger partial charge < -0.3 is 0 Å². The Kier molecular flexibility index (Phi) is 3.75. The van der Waals surface area contributed by atoms with Gasteiger partial charge in [0.2, 0.25) is 0 Å². The minimum absolute atomic E-state index is 0.0921. The van der Waals surface area contributed by atoms with Crippen molar-refractivity contribution < 1.29 is 8.42 Å². The summed E-state index contributed by atoms with van der Waals surface area (Å²) in [6.45, 7) is 5.81. The molecule has 0 radical (unpaired) electrons. The van der Waals surface area contributed by atoms with Crippen LogP contribution in [0.5, 0.6) is 0 Å². The average molecular weight is 300 g/mol. The van der Waals surface area contributed by atoms with Crippen LogP contribution in [0, 0.1) is 0 Å². The number of nitrogens with two attached hydrogens (primary N) is 1. The fourth-order valence-corrected chi connectivity index (χ4v) is 3.45. The number of primary sulfonamides is 1. The van der Waals surface area contributed by atoms with Crippen LogP contribution in [0.2, 0.25) is 0 Å². The lowest BCUT2D eigenvalue weighted by Crippen LogP contribution is -2.19. The molecule has 0 aliphatic carbocycles. The van der Waals surface area contributed by atoms with Crippen molar-refractivity contribution in [2.75, 3.05) is 0 Å². The smallest absolute Gasteiger partial charge is 0.273 e. The maximum absolute atomic E-state index is 11.5. The summed E-state index contributed by atoms with van der Waals surface area (Å²) in [7, 11) is -3.87. The van der Waals surface area contributed by atoms with Crippen LogP contribution < -0.4 is 5.14 Å². The van der Waals surface area contributed by atoms with Gasteiger partial charge in [-0.25, -0.2) is 13.6 Å². The van der Waals surface area contributed by atoms with Gasteiger partial charge in [0.25, 0.3) is 15.2 Å². The van der Waals surface area contributed by atoms with Crippen LogP contribution in [-0.2, 0) is 16.4 Å². The number of rotatable bonds is 4. The molecule has 0 saturated carbocycles. The van der Waals surface area contributed by atoms with Gasteiger partial charge >= 0.3 is 0 Å². The first kappa shape index (κ1) is 14.2. The third-order valence-corrected chi connectivity index (χ3v) is 4.68. The third kappa shape index (κ3) is 2.70. The second kappa shape index (κ2) is 5.03. The summed E-state index contributed by atoms with van der Waals surface area (Å²) in [6, 6.07) is 3.85. The molecule has 19 heavy (non-hydrogen) atoms. The molecule has 2 heterocycles. The topological polar surface area (TPSA) is 90.9 Å². The molecule has 0 saturated heterocycles. The zero-order valence-electron chi connectivity index (χ0n) is 11.0. The minimum atomic E-state index is -3.87. The van der Waals surface area contributed by atoms with E-state index >= 15 is 0 Å². The van der Waals surface area contributed by atoms with Crippen molar-refractivity contribution in [3.05, 3.63) is 17.0 Å². The number of nitrogens with zero attached hydrogens (tertiary/aromatic N) is 3. The number of sulfonamides is 1. The summed E-state index contributed by atoms with van der Waals surface area (Å²) in [5.41, 5.74) is 0. The fourth-order valence-electron chi connectivity index (χ4n) is 1.79. The van der Waals surface area contributed by atoms with Gasteiger partial charge in [-0.3, -0.25) is 4.57 Å². The summed E-state index contributed by atoms with van der Waals surface area (Å²) in [4.78, 5) is 2.11. The van der Waals surface area contributed by atoms with Crippen LogP contribution in [0.15, 0.2) is 17.3 Å². The highest BCUT2D eigenvalue weighted by Gasteiger charge is 2.24. The summed E-state index contributed by atoms with van der Waals surface area (Å²) >= 11 is 1.58. The molecule has 2 aromatic rings. The molecule has 2 rings (SSSR count). The first-order valence-corrected chi connectivity index (χ1v) is 8.27. The summed E-state index contributed by atoms with van der Waals surface area (Å²) in [5.74, 6) is 0.545. The van der Waals surface area contributed by atoms with E-state index in [1.165, 1.54) is 4.88 Å². The molecule has 0 aliphatic rings. The number of aryl methyl sites for hydroxylation is 1. The molecular formula is C11H16N4O2S2. The van der Waals surface area contributed by atoms with Crippen LogP contribution in [0.3, 0.4) is 0 Å². The highest BCUT2D eigenvalue weighted by molar-refractivity contribution is 7.89. The Hall–Kier alpha value is -1.25. The van der Waals surface area contributed by atoms with E-state index in [9.17, 15) is 8.42 Å². The van der Waals surface area contributed by atoms with Gasteiger partial charge in [-0.1, -0.05) is 6.92 Å². The fraction of sp³-hybridized carbons (Fsp3) is 0.455. The van der Waals surface area contributed by atoms with E-state index in [-0.39, 0.29) is 11.2 Å². The van der Waals surface area contributed by atoms with E-state index in [0.717, 1.165) is 11.3 Å². The average Bonchev–Trinajstić information content (AvgIpc) is 2.94. The van der Waals surface area contributed by atoms with Crippen LogP contribution >= 0.6 is 11.3 Å². The number of hydrogen-bond acceptors (Lipinski definition) is 5. The summed E-state index contributed by atoms with van der Waals surface area (Å²) in [6.07, 6.45) is 0.933. The van der Waals surface area contributed by atoms with Gasteiger partial charge in [-0.2, -0.15) is 0 Å². The number of aromatic nitrogens is 3. The van der Waals surface area contributed by atoms with Gasteiger partial charge in [-0.15, -0.1) is 21.5 Å². The van der Waals surface area contributed by atoms with Gasteiger partial charge in [-0.05, 0) is 32.4 Å². The van der Waals surface area contributed by atoms with Crippen molar-refractivity contribution in [2.24, 2.45) is 5.14 Å². The van der Waals surface area contributed by atoms with E-state index < -0.39 is 10.0 Å². The standard InChI is InChI=1S/C11H16N4O2S2/c1-4-8-5-6-9(18-8)10-13-14-11(19(12,16)17)15(10)7(2)3/h5-7H,4H2,1-3H3,(H2,12,16,17). The van der Waals surface area contributed by atoms with Crippen LogP contribution in [0.25, 0.3) is 10.7 Å². The van der Waals surface area contributed by atoms with Gasteiger partial charge in [0, 0.05) is 10.9 Å². The van der Waals surface area contributed by atoms with Crippen molar-refractivity contribution >= 4 is 21.4 Å². The lowest BCUT2D eigenvalue weighted by Gasteiger charge is -2.11. The molecule has 0 unspecified atom stereocenters. The summed E-state index contributed by atoms with van der Waals surface area (Å²) < 4.78 is 24.6. The van der Waals surface area contributed by atoms with E-state index in [0.29, 0.717) is 5.82 Å². The minimum Gasteiger partial charge on any atom is -0.294 e. The Morgan fingerprint density at radius 3 is 2.53 bits per heavy atom. The van der Waals surface area contributed by atoms with E-state index in [2.05, 4.69) is 17.1 Å². The molecule has 0 amide bonds. The predicted molar refractivity (Wildman–Crippen MR) is 74.5 cm³/mol.